The van der Waals surface area contributed by atoms with Gasteiger partial charge in [0, 0.05) is 11.8 Å². The van der Waals surface area contributed by atoms with Gasteiger partial charge < -0.3 is 9.84 Å². The monoisotopic (exact) mass is 260 g/mol. The lowest BCUT2D eigenvalue weighted by atomic mass is 10.2. The van der Waals surface area contributed by atoms with Crippen LogP contribution in [-0.4, -0.2) is 16.8 Å². The van der Waals surface area contributed by atoms with Crippen molar-refractivity contribution in [3.05, 3.63) is 62.2 Å². The lowest BCUT2D eigenvalue weighted by Crippen LogP contribution is -2.27. The molecule has 2 rings (SSSR count). The first-order chi connectivity index (χ1) is 9.15. The summed E-state index contributed by atoms with van der Waals surface area (Å²) in [5, 5.41) is 4.99. The van der Waals surface area contributed by atoms with E-state index < -0.39 is 11.0 Å². The van der Waals surface area contributed by atoms with Gasteiger partial charge in [0.15, 0.2) is 0 Å². The van der Waals surface area contributed by atoms with Crippen LogP contribution in [0.5, 0.6) is 5.75 Å². The third kappa shape index (κ3) is 3.84. The molecular formula is C14H16N2O3. The van der Waals surface area contributed by atoms with Gasteiger partial charge in [-0.15, -0.1) is 0 Å². The summed E-state index contributed by atoms with van der Waals surface area (Å²) in [5.41, 5.74) is 0.716. The molecule has 5 nitrogen and oxygen atoms in total. The zero-order valence-electron chi connectivity index (χ0n) is 10.7. The number of benzene rings is 1. The zero-order valence-corrected chi connectivity index (χ0v) is 10.7. The number of rotatable bonds is 5. The van der Waals surface area contributed by atoms with Crippen LogP contribution >= 0.6 is 0 Å². The molecule has 2 N–H and O–H groups in total. The molecule has 0 amide bonds. The van der Waals surface area contributed by atoms with Crippen molar-refractivity contribution >= 4 is 0 Å². The molecule has 0 aliphatic heterocycles. The summed E-state index contributed by atoms with van der Waals surface area (Å²) >= 11 is 0. The minimum atomic E-state index is -0.625. The number of aryl methyl sites for hydroxylation is 2. The molecule has 1 aromatic carbocycles. The van der Waals surface area contributed by atoms with Crippen LogP contribution < -0.4 is 15.7 Å². The van der Waals surface area contributed by atoms with Crippen LogP contribution in [0.1, 0.15) is 17.7 Å². The van der Waals surface area contributed by atoms with Crippen molar-refractivity contribution in [1.82, 2.24) is 10.2 Å². The van der Waals surface area contributed by atoms with E-state index in [1.165, 1.54) is 6.07 Å². The van der Waals surface area contributed by atoms with Gasteiger partial charge in [0.2, 0.25) is 5.43 Å². The van der Waals surface area contributed by atoms with Gasteiger partial charge >= 0.3 is 5.56 Å². The quantitative estimate of drug-likeness (QED) is 0.630. The summed E-state index contributed by atoms with van der Waals surface area (Å²) in [6, 6.07) is 9.17. The number of hydrogen-bond donors (Lipinski definition) is 2. The van der Waals surface area contributed by atoms with Crippen molar-refractivity contribution in [2.45, 2.75) is 19.8 Å². The summed E-state index contributed by atoms with van der Waals surface area (Å²) in [6.07, 6.45) is 1.41. The highest BCUT2D eigenvalue weighted by atomic mass is 16.5. The van der Waals surface area contributed by atoms with Crippen LogP contribution in [0, 0.1) is 6.92 Å². The molecule has 1 heterocycles. The van der Waals surface area contributed by atoms with E-state index >= 15 is 0 Å². The average molecular weight is 260 g/mol. The fraction of sp³-hybridized carbons (Fsp3) is 0.286. The summed E-state index contributed by atoms with van der Waals surface area (Å²) < 4.78 is 5.60. The average Bonchev–Trinajstić information content (AvgIpc) is 2.39. The molecule has 2 aromatic rings. The third-order valence-electron chi connectivity index (χ3n) is 2.71. The maximum absolute atomic E-state index is 11.1. The standard InChI is InChI=1S/C14H16N2O3/c1-10-4-2-6-12(8-10)19-7-3-5-11-9-13(17)14(18)16-15-11/h2,4,6,8-9H,3,5,7H2,1H3,(H,15,17)(H,16,18). The Morgan fingerprint density at radius 2 is 2.00 bits per heavy atom. The molecule has 0 fully saturated rings. The van der Waals surface area contributed by atoms with Crippen molar-refractivity contribution in [1.29, 1.82) is 0 Å². The molecule has 1 aromatic heterocycles. The van der Waals surface area contributed by atoms with Crippen molar-refractivity contribution in [3.63, 3.8) is 0 Å². The SMILES string of the molecule is Cc1cccc(OCCCc2cc(=O)c(=O)[nH][nH]2)c1. The highest BCUT2D eigenvalue weighted by Crippen LogP contribution is 2.12. The van der Waals surface area contributed by atoms with Crippen LogP contribution in [0.15, 0.2) is 39.9 Å². The fourth-order valence-corrected chi connectivity index (χ4v) is 1.75. The molecule has 0 aliphatic rings. The molecule has 0 saturated heterocycles. The van der Waals surface area contributed by atoms with Gasteiger partial charge in [-0.1, -0.05) is 12.1 Å². The minimum Gasteiger partial charge on any atom is -0.494 e. The van der Waals surface area contributed by atoms with Gasteiger partial charge in [0.25, 0.3) is 0 Å². The Bertz CT molecular complexity index is 658. The number of aromatic amines is 2. The number of aromatic nitrogens is 2. The van der Waals surface area contributed by atoms with Gasteiger partial charge in [-0.25, -0.2) is 0 Å². The van der Waals surface area contributed by atoms with Gasteiger partial charge in [0.1, 0.15) is 5.75 Å². The molecule has 100 valence electrons. The van der Waals surface area contributed by atoms with Crippen molar-refractivity contribution in [3.8, 4) is 5.75 Å². The Morgan fingerprint density at radius 1 is 1.16 bits per heavy atom. The molecule has 5 heteroatoms. The van der Waals surface area contributed by atoms with Gasteiger partial charge in [-0.3, -0.25) is 14.7 Å². The van der Waals surface area contributed by atoms with Gasteiger partial charge in [0.05, 0.1) is 6.61 Å². The Labute approximate surface area is 110 Å². The topological polar surface area (TPSA) is 75.0 Å². The Morgan fingerprint density at radius 3 is 2.74 bits per heavy atom. The van der Waals surface area contributed by atoms with Crippen LogP contribution in [0.3, 0.4) is 0 Å². The summed E-state index contributed by atoms with van der Waals surface area (Å²) in [6.45, 7) is 2.57. The predicted molar refractivity (Wildman–Crippen MR) is 72.7 cm³/mol. The number of H-pyrrole nitrogens is 2. The highest BCUT2D eigenvalue weighted by molar-refractivity contribution is 5.27. The Hall–Kier alpha value is -2.30. The lowest BCUT2D eigenvalue weighted by molar-refractivity contribution is 0.310. The van der Waals surface area contributed by atoms with E-state index in [-0.39, 0.29) is 0 Å². The zero-order chi connectivity index (χ0) is 13.7. The number of ether oxygens (including phenoxy) is 1. The van der Waals surface area contributed by atoms with Crippen LogP contribution in [0.25, 0.3) is 0 Å². The van der Waals surface area contributed by atoms with Gasteiger partial charge in [-0.2, -0.15) is 0 Å². The maximum atomic E-state index is 11.1. The van der Waals surface area contributed by atoms with E-state index in [0.717, 1.165) is 17.7 Å². The maximum Gasteiger partial charge on any atom is 0.310 e. The first kappa shape index (κ1) is 13.1. The predicted octanol–water partition coefficient (Wildman–Crippen LogP) is 1.38. The van der Waals surface area contributed by atoms with E-state index in [9.17, 15) is 9.59 Å². The number of nitrogens with one attached hydrogen (secondary N) is 2. The molecule has 0 spiro atoms. The van der Waals surface area contributed by atoms with Gasteiger partial charge in [-0.05, 0) is 37.5 Å². The summed E-state index contributed by atoms with van der Waals surface area (Å²) in [7, 11) is 0. The molecule has 0 radical (unpaired) electrons. The van der Waals surface area contributed by atoms with E-state index in [4.69, 9.17) is 4.74 Å². The smallest absolute Gasteiger partial charge is 0.310 e. The molecule has 0 bridgehead atoms. The van der Waals surface area contributed by atoms with E-state index in [2.05, 4.69) is 10.2 Å². The Balaban J connectivity index is 1.82. The van der Waals surface area contributed by atoms with Crippen molar-refractivity contribution in [2.24, 2.45) is 0 Å². The molecule has 0 atom stereocenters. The first-order valence-corrected chi connectivity index (χ1v) is 6.15. The molecule has 0 saturated carbocycles. The van der Waals surface area contributed by atoms with Crippen LogP contribution in [-0.2, 0) is 6.42 Å². The number of hydrogen-bond acceptors (Lipinski definition) is 3. The second-order valence-electron chi connectivity index (χ2n) is 4.38. The largest absolute Gasteiger partial charge is 0.494 e. The molecule has 0 unspecified atom stereocenters. The summed E-state index contributed by atoms with van der Waals surface area (Å²) in [4.78, 5) is 22.0. The van der Waals surface area contributed by atoms with E-state index in [1.54, 1.807) is 0 Å². The van der Waals surface area contributed by atoms with E-state index in [1.807, 2.05) is 31.2 Å². The Kier molecular flexibility index (Phi) is 4.18. The molecule has 19 heavy (non-hydrogen) atoms. The van der Waals surface area contributed by atoms with Crippen molar-refractivity contribution in [2.75, 3.05) is 6.61 Å². The normalized spacial score (nSPS) is 10.4. The van der Waals surface area contributed by atoms with Crippen molar-refractivity contribution < 1.29 is 4.74 Å². The molecule has 0 aliphatic carbocycles. The second-order valence-corrected chi connectivity index (χ2v) is 4.38. The highest BCUT2D eigenvalue weighted by Gasteiger charge is 1.99. The fourth-order valence-electron chi connectivity index (χ4n) is 1.75. The van der Waals surface area contributed by atoms with E-state index in [0.29, 0.717) is 18.7 Å². The first-order valence-electron chi connectivity index (χ1n) is 6.15. The minimum absolute atomic E-state index is 0.520. The summed E-state index contributed by atoms with van der Waals surface area (Å²) in [5.74, 6) is 0.843. The lowest BCUT2D eigenvalue weighted by Gasteiger charge is -2.06. The van der Waals surface area contributed by atoms with Crippen LogP contribution in [0.2, 0.25) is 0 Å². The van der Waals surface area contributed by atoms with Crippen LogP contribution in [0.4, 0.5) is 0 Å². The second kappa shape index (κ2) is 6.04. The molecular weight excluding hydrogens is 244 g/mol. The third-order valence-corrected chi connectivity index (χ3v) is 2.71.